The molecule has 0 N–H and O–H groups in total. The van der Waals surface area contributed by atoms with Gasteiger partial charge in [-0.05, 0) is 61.1 Å². The second kappa shape index (κ2) is 11.0. The van der Waals surface area contributed by atoms with E-state index in [0.29, 0.717) is 22.2 Å². The molecule has 5 nitrogen and oxygen atoms in total. The lowest BCUT2D eigenvalue weighted by Gasteiger charge is -2.29. The lowest BCUT2D eigenvalue weighted by molar-refractivity contribution is -0.122. The molecule has 33 heavy (non-hydrogen) atoms. The van der Waals surface area contributed by atoms with Gasteiger partial charge in [-0.25, -0.2) is 0 Å². The van der Waals surface area contributed by atoms with E-state index in [1.54, 1.807) is 12.0 Å². The van der Waals surface area contributed by atoms with Gasteiger partial charge in [-0.15, -0.1) is 0 Å². The molecule has 7 heteroatoms. The van der Waals surface area contributed by atoms with Crippen LogP contribution < -0.4 is 9.64 Å². The van der Waals surface area contributed by atoms with Crippen molar-refractivity contribution in [3.8, 4) is 5.75 Å². The molecule has 2 aromatic rings. The number of ether oxygens (including phenoxy) is 1. The van der Waals surface area contributed by atoms with E-state index in [0.717, 1.165) is 55.6 Å². The number of nitrogens with zero attached hydrogens (tertiary/aromatic N) is 2. The minimum atomic E-state index is -0.0400. The third-order valence-electron chi connectivity index (χ3n) is 5.97. The highest BCUT2D eigenvalue weighted by atomic mass is 32.2. The third-order valence-corrected chi connectivity index (χ3v) is 7.35. The number of hydrogen-bond donors (Lipinski definition) is 0. The number of thiocarbonyl (C=S) groups is 1. The number of hydrogen-bond acceptors (Lipinski definition) is 5. The number of amides is 2. The Labute approximate surface area is 204 Å². The molecule has 1 saturated heterocycles. The summed E-state index contributed by atoms with van der Waals surface area (Å²) in [6.45, 7) is 1.39. The second-order valence-electron chi connectivity index (χ2n) is 8.19. The van der Waals surface area contributed by atoms with Gasteiger partial charge in [0, 0.05) is 25.2 Å². The van der Waals surface area contributed by atoms with Crippen molar-refractivity contribution in [2.45, 2.75) is 38.5 Å². The Balaban J connectivity index is 1.24. The van der Waals surface area contributed by atoms with Gasteiger partial charge in [-0.3, -0.25) is 14.5 Å². The molecule has 2 aliphatic rings. The molecule has 0 unspecified atom stereocenters. The van der Waals surface area contributed by atoms with Gasteiger partial charge in [0.1, 0.15) is 10.1 Å². The molecule has 2 aliphatic heterocycles. The van der Waals surface area contributed by atoms with Crippen LogP contribution in [-0.4, -0.2) is 41.2 Å². The third kappa shape index (κ3) is 5.65. The van der Waals surface area contributed by atoms with Crippen LogP contribution in [-0.2, 0) is 16.0 Å². The summed E-state index contributed by atoms with van der Waals surface area (Å²) in [6, 6.07) is 15.8. The van der Waals surface area contributed by atoms with E-state index in [-0.39, 0.29) is 11.8 Å². The summed E-state index contributed by atoms with van der Waals surface area (Å²) >= 11 is 6.78. The van der Waals surface area contributed by atoms with Crippen LogP contribution >= 0.6 is 24.0 Å². The fraction of sp³-hybridized carbons (Fsp3) is 0.346. The highest BCUT2D eigenvalue weighted by molar-refractivity contribution is 8.26. The average Bonchev–Trinajstić information content (AvgIpc) is 3.11. The molecule has 4 rings (SSSR count). The maximum Gasteiger partial charge on any atom is 0.266 e. The molecule has 172 valence electrons. The highest BCUT2D eigenvalue weighted by Gasteiger charge is 2.31. The Morgan fingerprint density at radius 3 is 2.70 bits per heavy atom. The Kier molecular flexibility index (Phi) is 7.83. The van der Waals surface area contributed by atoms with Crippen molar-refractivity contribution in [2.24, 2.45) is 0 Å². The summed E-state index contributed by atoms with van der Waals surface area (Å²) in [6.07, 6.45) is 6.98. The summed E-state index contributed by atoms with van der Waals surface area (Å²) in [5, 5.41) is 0. The summed E-state index contributed by atoms with van der Waals surface area (Å²) in [5.74, 6) is 0.930. The molecule has 2 amide bonds. The van der Waals surface area contributed by atoms with Crippen molar-refractivity contribution in [3.05, 3.63) is 64.6 Å². The predicted octanol–water partition coefficient (Wildman–Crippen LogP) is 5.44. The first kappa shape index (κ1) is 23.5. The van der Waals surface area contributed by atoms with Crippen LogP contribution in [0.4, 0.5) is 5.69 Å². The number of methoxy groups -OCH3 is 1. The van der Waals surface area contributed by atoms with Gasteiger partial charge < -0.3 is 9.64 Å². The number of anilines is 1. The zero-order valence-corrected chi connectivity index (χ0v) is 20.4. The zero-order chi connectivity index (χ0) is 23.2. The quantitative estimate of drug-likeness (QED) is 0.286. The van der Waals surface area contributed by atoms with E-state index in [1.807, 2.05) is 53.4 Å². The fourth-order valence-corrected chi connectivity index (χ4v) is 5.50. The van der Waals surface area contributed by atoms with Crippen LogP contribution in [0.1, 0.15) is 43.2 Å². The highest BCUT2D eigenvalue weighted by Crippen LogP contribution is 2.33. The minimum absolute atomic E-state index is 0.0400. The van der Waals surface area contributed by atoms with Crippen molar-refractivity contribution < 1.29 is 14.3 Å². The standard InChI is InChI=1S/C26H28N2O3S2/c1-31-21-14-12-19(13-15-21)18-23-25(30)28(26(32)33-23)16-6-2-3-11-24(29)27-17-7-9-20-8-4-5-10-22(20)27/h4-5,8,10,12-15,18H,2-3,6-7,9,11,16-17H2,1H3/b23-18+. The largest absolute Gasteiger partial charge is 0.497 e. The first-order valence-electron chi connectivity index (χ1n) is 11.3. The molecule has 2 aromatic carbocycles. The van der Waals surface area contributed by atoms with Crippen LogP contribution in [0.15, 0.2) is 53.4 Å². The number of benzene rings is 2. The number of carbonyl (C=O) groups excluding carboxylic acids is 2. The molecular formula is C26H28N2O3S2. The maximum absolute atomic E-state index is 12.8. The molecule has 0 spiro atoms. The van der Waals surface area contributed by atoms with Gasteiger partial charge >= 0.3 is 0 Å². The molecule has 2 heterocycles. The summed E-state index contributed by atoms with van der Waals surface area (Å²) in [5.41, 5.74) is 3.26. The first-order chi connectivity index (χ1) is 16.1. The zero-order valence-electron chi connectivity index (χ0n) is 18.8. The van der Waals surface area contributed by atoms with E-state index < -0.39 is 0 Å². The number of unbranched alkanes of at least 4 members (excludes halogenated alkanes) is 2. The van der Waals surface area contributed by atoms with Crippen molar-refractivity contribution in [3.63, 3.8) is 0 Å². The van der Waals surface area contributed by atoms with Gasteiger partial charge in [0.25, 0.3) is 5.91 Å². The van der Waals surface area contributed by atoms with Crippen molar-refractivity contribution in [1.29, 1.82) is 0 Å². The number of aryl methyl sites for hydroxylation is 1. The fourth-order valence-electron chi connectivity index (χ4n) is 4.19. The molecule has 0 atom stereocenters. The van der Waals surface area contributed by atoms with E-state index in [2.05, 4.69) is 6.07 Å². The number of fused-ring (bicyclic) bond motifs is 1. The Bertz CT molecular complexity index is 1070. The van der Waals surface area contributed by atoms with E-state index in [4.69, 9.17) is 17.0 Å². The number of rotatable bonds is 8. The molecule has 0 radical (unpaired) electrons. The van der Waals surface area contributed by atoms with Crippen LogP contribution in [0.2, 0.25) is 0 Å². The van der Waals surface area contributed by atoms with Gasteiger partial charge in [0.05, 0.1) is 12.0 Å². The molecule has 1 fully saturated rings. The maximum atomic E-state index is 12.8. The molecule has 0 aromatic heterocycles. The van der Waals surface area contributed by atoms with Gasteiger partial charge in [0.15, 0.2) is 0 Å². The Morgan fingerprint density at radius 1 is 1.12 bits per heavy atom. The number of para-hydroxylation sites is 1. The molecule has 0 bridgehead atoms. The normalized spacial score (nSPS) is 16.9. The minimum Gasteiger partial charge on any atom is -0.497 e. The molecule has 0 saturated carbocycles. The summed E-state index contributed by atoms with van der Waals surface area (Å²) in [4.78, 5) is 29.8. The molecule has 0 aliphatic carbocycles. The lowest BCUT2D eigenvalue weighted by Crippen LogP contribution is -2.35. The SMILES string of the molecule is COc1ccc(/C=C2/SC(=S)N(CCCCCC(=O)N3CCCc4ccccc43)C2=O)cc1. The smallest absolute Gasteiger partial charge is 0.266 e. The Morgan fingerprint density at radius 2 is 1.91 bits per heavy atom. The molecular weight excluding hydrogens is 452 g/mol. The number of carbonyl (C=O) groups is 2. The average molecular weight is 481 g/mol. The van der Waals surface area contributed by atoms with Crippen molar-refractivity contribution in [1.82, 2.24) is 4.90 Å². The Hall–Kier alpha value is -2.64. The van der Waals surface area contributed by atoms with Crippen molar-refractivity contribution >= 4 is 51.9 Å². The van der Waals surface area contributed by atoms with E-state index >= 15 is 0 Å². The van der Waals surface area contributed by atoms with Gasteiger partial charge in [0.2, 0.25) is 5.91 Å². The lowest BCUT2D eigenvalue weighted by atomic mass is 10.0. The van der Waals surface area contributed by atoms with Crippen LogP contribution in [0, 0.1) is 0 Å². The van der Waals surface area contributed by atoms with Crippen LogP contribution in [0.3, 0.4) is 0 Å². The van der Waals surface area contributed by atoms with Gasteiger partial charge in [-0.1, -0.05) is 60.7 Å². The predicted molar refractivity (Wildman–Crippen MR) is 138 cm³/mol. The van der Waals surface area contributed by atoms with E-state index in [9.17, 15) is 9.59 Å². The monoisotopic (exact) mass is 480 g/mol. The topological polar surface area (TPSA) is 49.9 Å². The van der Waals surface area contributed by atoms with Crippen LogP contribution in [0.5, 0.6) is 5.75 Å². The first-order valence-corrected chi connectivity index (χ1v) is 12.6. The van der Waals surface area contributed by atoms with Gasteiger partial charge in [-0.2, -0.15) is 0 Å². The van der Waals surface area contributed by atoms with Crippen LogP contribution in [0.25, 0.3) is 6.08 Å². The van der Waals surface area contributed by atoms with E-state index in [1.165, 1.54) is 17.3 Å². The van der Waals surface area contributed by atoms with Crippen molar-refractivity contribution in [2.75, 3.05) is 25.1 Å². The summed E-state index contributed by atoms with van der Waals surface area (Å²) in [7, 11) is 1.63. The second-order valence-corrected chi connectivity index (χ2v) is 9.87. The summed E-state index contributed by atoms with van der Waals surface area (Å²) < 4.78 is 5.78. The number of thioether (sulfide) groups is 1.